The molecule has 0 unspecified atom stereocenters. The van der Waals surface area contributed by atoms with E-state index in [9.17, 15) is 4.79 Å². The Bertz CT molecular complexity index is 84.3. The van der Waals surface area contributed by atoms with Crippen LogP contribution in [0.2, 0.25) is 0 Å². The van der Waals surface area contributed by atoms with Gasteiger partial charge in [0.25, 0.3) is 0 Å². The Morgan fingerprint density at radius 3 is 2.89 bits per heavy atom. The predicted molar refractivity (Wildman–Crippen MR) is 36.3 cm³/mol. The lowest BCUT2D eigenvalue weighted by Crippen LogP contribution is -1.96. The first-order valence-electron chi connectivity index (χ1n) is 2.64. The predicted octanol–water partition coefficient (Wildman–Crippen LogP) is 1.15. The highest BCUT2D eigenvalue weighted by Crippen LogP contribution is 1.97. The first kappa shape index (κ1) is 8.78. The van der Waals surface area contributed by atoms with Gasteiger partial charge in [-0.25, -0.2) is 0 Å². The number of carboxylic acid groups (broad SMARTS) is 1. The Morgan fingerprint density at radius 1 is 1.78 bits per heavy atom. The van der Waals surface area contributed by atoms with Crippen LogP contribution in [0, 0.1) is 0 Å². The Labute approximate surface area is 58.6 Å². The lowest BCUT2D eigenvalue weighted by Gasteiger charge is -1.94. The Kier molecular flexibility index (Phi) is 5.76. The van der Waals surface area contributed by atoms with E-state index in [0.29, 0.717) is 13.0 Å². The lowest BCUT2D eigenvalue weighted by molar-refractivity contribution is -0.137. The van der Waals surface area contributed by atoms with Gasteiger partial charge >= 0.3 is 5.97 Å². The van der Waals surface area contributed by atoms with Crippen LogP contribution >= 0.6 is 12.0 Å². The van der Waals surface area contributed by atoms with Crippen LogP contribution in [0.15, 0.2) is 0 Å². The molecule has 0 saturated carbocycles. The van der Waals surface area contributed by atoms with Gasteiger partial charge in [-0.05, 0) is 18.5 Å². The third-order valence-electron chi connectivity index (χ3n) is 0.736. The second-order valence-corrected chi connectivity index (χ2v) is 2.05. The highest BCUT2D eigenvalue weighted by atomic mass is 32.2. The summed E-state index contributed by atoms with van der Waals surface area (Å²) in [7, 11) is 0. The number of hydrogen-bond acceptors (Lipinski definition) is 3. The maximum absolute atomic E-state index is 9.90. The Morgan fingerprint density at radius 2 is 2.44 bits per heavy atom. The molecule has 0 rings (SSSR count). The molecular formula is C5H10O3S. The molecule has 9 heavy (non-hydrogen) atoms. The van der Waals surface area contributed by atoms with E-state index in [2.05, 4.69) is 0 Å². The molecule has 0 fully saturated rings. The van der Waals surface area contributed by atoms with Crippen LogP contribution in [0.25, 0.3) is 0 Å². The van der Waals surface area contributed by atoms with E-state index in [1.54, 1.807) is 6.26 Å². The van der Waals surface area contributed by atoms with E-state index in [4.69, 9.17) is 9.29 Å². The molecule has 0 heterocycles. The summed E-state index contributed by atoms with van der Waals surface area (Å²) in [6.07, 6.45) is 2.59. The highest BCUT2D eigenvalue weighted by molar-refractivity contribution is 7.93. The molecule has 0 aliphatic carbocycles. The molecule has 0 aliphatic heterocycles. The molecule has 0 aromatic rings. The quantitative estimate of drug-likeness (QED) is 0.471. The van der Waals surface area contributed by atoms with Crippen molar-refractivity contribution < 1.29 is 14.1 Å². The van der Waals surface area contributed by atoms with Gasteiger partial charge in [-0.2, -0.15) is 0 Å². The normalized spacial score (nSPS) is 9.44. The van der Waals surface area contributed by atoms with Gasteiger partial charge < -0.3 is 9.29 Å². The van der Waals surface area contributed by atoms with E-state index in [1.165, 1.54) is 12.0 Å². The van der Waals surface area contributed by atoms with Crippen molar-refractivity contribution in [2.75, 3.05) is 12.9 Å². The fraction of sp³-hybridized carbons (Fsp3) is 0.800. The summed E-state index contributed by atoms with van der Waals surface area (Å²) in [5.74, 6) is -0.764. The minimum Gasteiger partial charge on any atom is -0.481 e. The first-order chi connectivity index (χ1) is 4.27. The largest absolute Gasteiger partial charge is 0.481 e. The summed E-state index contributed by atoms with van der Waals surface area (Å²) in [6.45, 7) is 0.521. The number of aliphatic carboxylic acids is 1. The molecule has 4 heteroatoms. The van der Waals surface area contributed by atoms with Crippen LogP contribution in [0.4, 0.5) is 0 Å². The van der Waals surface area contributed by atoms with Gasteiger partial charge in [0, 0.05) is 12.7 Å². The van der Waals surface area contributed by atoms with Gasteiger partial charge in [0.05, 0.1) is 6.61 Å². The zero-order chi connectivity index (χ0) is 7.11. The molecule has 0 atom stereocenters. The third-order valence-corrected chi connectivity index (χ3v) is 1.14. The van der Waals surface area contributed by atoms with E-state index in [0.717, 1.165) is 0 Å². The van der Waals surface area contributed by atoms with Gasteiger partial charge in [-0.15, -0.1) is 0 Å². The van der Waals surface area contributed by atoms with Crippen LogP contribution in [0.5, 0.6) is 0 Å². The molecule has 0 aromatic carbocycles. The van der Waals surface area contributed by atoms with Gasteiger partial charge in [0.2, 0.25) is 0 Å². The minimum absolute atomic E-state index is 0.195. The van der Waals surface area contributed by atoms with Gasteiger partial charge in [-0.1, -0.05) is 0 Å². The van der Waals surface area contributed by atoms with Crippen molar-refractivity contribution in [1.29, 1.82) is 0 Å². The number of hydrogen-bond donors (Lipinski definition) is 1. The maximum atomic E-state index is 9.90. The summed E-state index contributed by atoms with van der Waals surface area (Å²) in [5, 5.41) is 8.15. The molecule has 0 aliphatic rings. The van der Waals surface area contributed by atoms with Crippen molar-refractivity contribution >= 4 is 18.0 Å². The summed E-state index contributed by atoms with van der Waals surface area (Å²) in [5.41, 5.74) is 0. The van der Waals surface area contributed by atoms with E-state index in [1.807, 2.05) is 0 Å². The molecule has 3 nitrogen and oxygen atoms in total. The van der Waals surface area contributed by atoms with Crippen molar-refractivity contribution in [3.63, 3.8) is 0 Å². The van der Waals surface area contributed by atoms with Crippen LogP contribution in [-0.2, 0) is 8.98 Å². The summed E-state index contributed by atoms with van der Waals surface area (Å²) >= 11 is 1.26. The molecular weight excluding hydrogens is 140 g/mol. The van der Waals surface area contributed by atoms with Crippen LogP contribution in [-0.4, -0.2) is 23.9 Å². The van der Waals surface area contributed by atoms with Gasteiger partial charge in [-0.3, -0.25) is 4.79 Å². The standard InChI is InChI=1S/C5H10O3S/c1-9-8-4-2-3-5(6)7/h2-4H2,1H3,(H,6,7). The van der Waals surface area contributed by atoms with Gasteiger partial charge in [0.15, 0.2) is 0 Å². The zero-order valence-electron chi connectivity index (χ0n) is 5.29. The van der Waals surface area contributed by atoms with Crippen molar-refractivity contribution in [2.24, 2.45) is 0 Å². The van der Waals surface area contributed by atoms with E-state index in [-0.39, 0.29) is 6.42 Å². The molecule has 1 N–H and O–H groups in total. The first-order valence-corrected chi connectivity index (χ1v) is 3.79. The van der Waals surface area contributed by atoms with Crippen molar-refractivity contribution in [3.05, 3.63) is 0 Å². The van der Waals surface area contributed by atoms with Crippen molar-refractivity contribution in [1.82, 2.24) is 0 Å². The molecule has 0 bridgehead atoms. The average Bonchev–Trinajstić information content (AvgIpc) is 1.80. The topological polar surface area (TPSA) is 46.5 Å². The lowest BCUT2D eigenvalue weighted by atomic mass is 10.3. The molecule has 0 saturated heterocycles. The summed E-state index contributed by atoms with van der Waals surface area (Å²) in [6, 6.07) is 0. The summed E-state index contributed by atoms with van der Waals surface area (Å²) in [4.78, 5) is 9.90. The second kappa shape index (κ2) is 5.91. The van der Waals surface area contributed by atoms with E-state index >= 15 is 0 Å². The van der Waals surface area contributed by atoms with E-state index < -0.39 is 5.97 Å². The molecule has 0 aromatic heterocycles. The number of rotatable bonds is 5. The highest BCUT2D eigenvalue weighted by Gasteiger charge is 1.94. The maximum Gasteiger partial charge on any atom is 0.303 e. The Hall–Kier alpha value is -0.220. The fourth-order valence-corrected chi connectivity index (χ4v) is 0.650. The molecule has 0 amide bonds. The van der Waals surface area contributed by atoms with Crippen LogP contribution in [0.1, 0.15) is 12.8 Å². The minimum atomic E-state index is -0.764. The van der Waals surface area contributed by atoms with Gasteiger partial charge in [0.1, 0.15) is 0 Å². The fourth-order valence-electron chi connectivity index (χ4n) is 0.366. The van der Waals surface area contributed by atoms with Crippen LogP contribution in [0.3, 0.4) is 0 Å². The Balaban J connectivity index is 2.83. The second-order valence-electron chi connectivity index (χ2n) is 1.49. The number of carboxylic acids is 1. The van der Waals surface area contributed by atoms with Crippen molar-refractivity contribution in [3.8, 4) is 0 Å². The zero-order valence-corrected chi connectivity index (χ0v) is 6.11. The monoisotopic (exact) mass is 150 g/mol. The molecule has 0 radical (unpaired) electrons. The summed E-state index contributed by atoms with van der Waals surface area (Å²) < 4.78 is 4.84. The average molecular weight is 150 g/mol. The SMILES string of the molecule is CSOCCCC(=O)O. The smallest absolute Gasteiger partial charge is 0.303 e. The van der Waals surface area contributed by atoms with Crippen LogP contribution < -0.4 is 0 Å². The third kappa shape index (κ3) is 7.78. The number of carbonyl (C=O) groups is 1. The molecule has 54 valence electrons. The molecule has 0 spiro atoms. The van der Waals surface area contributed by atoms with Crippen molar-refractivity contribution in [2.45, 2.75) is 12.8 Å².